The van der Waals surface area contributed by atoms with Gasteiger partial charge in [0.15, 0.2) is 0 Å². The Kier molecular flexibility index (Phi) is 15.4. The topological polar surface area (TPSA) is 8.81 Å². The van der Waals surface area contributed by atoms with Crippen LogP contribution in [0.25, 0.3) is 0 Å². The second-order valence-corrected chi connectivity index (χ2v) is 7.68. The summed E-state index contributed by atoms with van der Waals surface area (Å²) in [7, 11) is -3.91. The molecule has 0 spiro atoms. The van der Waals surface area contributed by atoms with Gasteiger partial charge < -0.3 is 17.3 Å². The van der Waals surface area contributed by atoms with Gasteiger partial charge in [-0.05, 0) is 18.8 Å². The molecule has 1 rings (SSSR count). The molecule has 1 heterocycles. The van der Waals surface area contributed by atoms with Crippen molar-refractivity contribution >= 4 is 7.25 Å². The van der Waals surface area contributed by atoms with Crippen LogP contribution < -0.4 is 4.57 Å². The third kappa shape index (κ3) is 21.2. The number of imidazole rings is 1. The standard InChI is InChI=1S/C20H39N2.BF4/c1-4-5-6-7-8-9-10-11-12-14-20(2)15-13-16-22-18-17-21(3)19-22;2-1(3,4)5/h17-20H,4-16H2,1-3H3;/q+1;-1/t20-;/m0./s1. The zero-order valence-corrected chi connectivity index (χ0v) is 17.5. The molecular formula is C20H39BF4N2. The fraction of sp³-hybridized carbons (Fsp3) is 0.850. The van der Waals surface area contributed by atoms with Crippen molar-refractivity contribution in [2.24, 2.45) is 13.0 Å². The van der Waals surface area contributed by atoms with E-state index in [0.717, 1.165) is 5.92 Å². The van der Waals surface area contributed by atoms with Crippen molar-refractivity contribution in [3.63, 3.8) is 0 Å². The van der Waals surface area contributed by atoms with Crippen molar-refractivity contribution in [3.8, 4) is 0 Å². The van der Waals surface area contributed by atoms with E-state index in [0.29, 0.717) is 0 Å². The summed E-state index contributed by atoms with van der Waals surface area (Å²) in [5.41, 5.74) is 0. The summed E-state index contributed by atoms with van der Waals surface area (Å²) in [6.07, 6.45) is 23.5. The molecule has 0 aliphatic carbocycles. The first-order valence-electron chi connectivity index (χ1n) is 10.6. The average molecular weight is 394 g/mol. The van der Waals surface area contributed by atoms with E-state index in [4.69, 9.17) is 0 Å². The van der Waals surface area contributed by atoms with E-state index in [-0.39, 0.29) is 0 Å². The lowest BCUT2D eigenvalue weighted by Gasteiger charge is -2.10. The van der Waals surface area contributed by atoms with Crippen molar-refractivity contribution in [3.05, 3.63) is 18.7 Å². The lowest BCUT2D eigenvalue weighted by Crippen LogP contribution is -2.23. The van der Waals surface area contributed by atoms with Crippen molar-refractivity contribution in [2.75, 3.05) is 0 Å². The van der Waals surface area contributed by atoms with Crippen LogP contribution in [0.4, 0.5) is 17.3 Å². The Morgan fingerprint density at radius 1 is 0.852 bits per heavy atom. The molecule has 2 nitrogen and oxygen atoms in total. The van der Waals surface area contributed by atoms with Gasteiger partial charge in [-0.3, -0.25) is 0 Å². The minimum atomic E-state index is -6.00. The molecule has 0 unspecified atom stereocenters. The molecule has 0 bridgehead atoms. The normalized spacial score (nSPS) is 12.6. The highest BCUT2D eigenvalue weighted by Gasteiger charge is 2.20. The third-order valence-corrected chi connectivity index (χ3v) is 4.74. The number of hydrogen-bond acceptors (Lipinski definition) is 0. The first-order valence-corrected chi connectivity index (χ1v) is 10.6. The number of aromatic nitrogens is 2. The summed E-state index contributed by atoms with van der Waals surface area (Å²) in [4.78, 5) is 0. The Morgan fingerprint density at radius 3 is 1.81 bits per heavy atom. The third-order valence-electron chi connectivity index (χ3n) is 4.74. The highest BCUT2D eigenvalue weighted by atomic mass is 19.5. The van der Waals surface area contributed by atoms with Crippen molar-refractivity contribution < 1.29 is 21.8 Å². The van der Waals surface area contributed by atoms with Crippen LogP contribution in [0, 0.1) is 5.92 Å². The van der Waals surface area contributed by atoms with Crippen LogP contribution >= 0.6 is 0 Å². The fourth-order valence-electron chi connectivity index (χ4n) is 3.20. The Morgan fingerprint density at radius 2 is 1.33 bits per heavy atom. The van der Waals surface area contributed by atoms with Crippen LogP contribution in [0.1, 0.15) is 90.9 Å². The molecule has 1 aromatic heterocycles. The minimum Gasteiger partial charge on any atom is -0.418 e. The maximum atomic E-state index is 9.75. The van der Waals surface area contributed by atoms with Crippen molar-refractivity contribution in [1.29, 1.82) is 0 Å². The number of rotatable bonds is 14. The fourth-order valence-corrected chi connectivity index (χ4v) is 3.20. The monoisotopic (exact) mass is 394 g/mol. The van der Waals surface area contributed by atoms with Gasteiger partial charge >= 0.3 is 7.25 Å². The minimum absolute atomic E-state index is 0.897. The molecule has 0 aliphatic rings. The first kappa shape index (κ1) is 26.0. The van der Waals surface area contributed by atoms with Gasteiger partial charge in [-0.25, -0.2) is 9.13 Å². The Labute approximate surface area is 163 Å². The van der Waals surface area contributed by atoms with Crippen molar-refractivity contribution in [1.82, 2.24) is 4.57 Å². The number of hydrogen-bond donors (Lipinski definition) is 0. The van der Waals surface area contributed by atoms with E-state index < -0.39 is 7.25 Å². The Bertz CT molecular complexity index is 443. The number of aryl methyl sites for hydroxylation is 2. The van der Waals surface area contributed by atoms with Gasteiger partial charge in [-0.1, -0.05) is 78.1 Å². The van der Waals surface area contributed by atoms with Crippen LogP contribution in [0.15, 0.2) is 18.7 Å². The Balaban J connectivity index is 0.00000119. The van der Waals surface area contributed by atoms with Crippen LogP contribution in [0.3, 0.4) is 0 Å². The molecule has 0 saturated heterocycles. The highest BCUT2D eigenvalue weighted by Crippen LogP contribution is 2.17. The second-order valence-electron chi connectivity index (χ2n) is 7.68. The zero-order valence-electron chi connectivity index (χ0n) is 17.5. The van der Waals surface area contributed by atoms with E-state index in [1.807, 2.05) is 0 Å². The summed E-state index contributed by atoms with van der Waals surface area (Å²) in [5.74, 6) is 0.897. The van der Waals surface area contributed by atoms with Crippen LogP contribution in [0.5, 0.6) is 0 Å². The quantitative estimate of drug-likeness (QED) is 0.140. The van der Waals surface area contributed by atoms with Crippen molar-refractivity contribution in [2.45, 2.75) is 97.4 Å². The van der Waals surface area contributed by atoms with Crippen LogP contribution in [0.2, 0.25) is 0 Å². The molecule has 160 valence electrons. The highest BCUT2D eigenvalue weighted by molar-refractivity contribution is 6.50. The predicted octanol–water partition coefficient (Wildman–Crippen LogP) is 6.95. The number of unbranched alkanes of at least 4 members (excludes halogenated alkanes) is 8. The van der Waals surface area contributed by atoms with Gasteiger partial charge in [0, 0.05) is 0 Å². The smallest absolute Gasteiger partial charge is 0.418 e. The van der Waals surface area contributed by atoms with E-state index in [2.05, 4.69) is 48.8 Å². The second kappa shape index (κ2) is 16.0. The molecular weight excluding hydrogens is 355 g/mol. The molecule has 0 saturated carbocycles. The summed E-state index contributed by atoms with van der Waals surface area (Å²) in [6.45, 7) is 5.89. The molecule has 7 heteroatoms. The lowest BCUT2D eigenvalue weighted by atomic mass is 9.97. The number of nitrogens with zero attached hydrogens (tertiary/aromatic N) is 2. The Hall–Kier alpha value is -1.01. The SMILES string of the molecule is CCCCCCCCCCC[C@H](C)CCCn1cc[n+](C)c1.F[B-](F)(F)F. The summed E-state index contributed by atoms with van der Waals surface area (Å²) >= 11 is 0. The summed E-state index contributed by atoms with van der Waals surface area (Å²) in [6, 6.07) is 0. The summed E-state index contributed by atoms with van der Waals surface area (Å²) < 4.78 is 43.4. The predicted molar refractivity (Wildman–Crippen MR) is 106 cm³/mol. The molecule has 27 heavy (non-hydrogen) atoms. The molecule has 0 fully saturated rings. The van der Waals surface area contributed by atoms with Gasteiger partial charge in [0.2, 0.25) is 6.33 Å². The molecule has 0 aliphatic heterocycles. The van der Waals surface area contributed by atoms with Crippen LogP contribution in [-0.2, 0) is 13.6 Å². The van der Waals surface area contributed by atoms with Gasteiger partial charge in [0.1, 0.15) is 12.4 Å². The maximum Gasteiger partial charge on any atom is 0.673 e. The molecule has 0 aromatic carbocycles. The number of halogens is 4. The largest absolute Gasteiger partial charge is 0.673 e. The molecule has 0 radical (unpaired) electrons. The zero-order chi connectivity index (χ0) is 20.5. The van der Waals surface area contributed by atoms with Crippen LogP contribution in [-0.4, -0.2) is 11.8 Å². The van der Waals surface area contributed by atoms with Gasteiger partial charge in [-0.2, -0.15) is 0 Å². The lowest BCUT2D eigenvalue weighted by molar-refractivity contribution is -0.671. The van der Waals surface area contributed by atoms with Gasteiger partial charge in [0.05, 0.1) is 13.6 Å². The van der Waals surface area contributed by atoms with Gasteiger partial charge in [-0.15, -0.1) is 0 Å². The van der Waals surface area contributed by atoms with E-state index in [9.17, 15) is 17.3 Å². The summed E-state index contributed by atoms with van der Waals surface area (Å²) in [5, 5.41) is 0. The van der Waals surface area contributed by atoms with E-state index >= 15 is 0 Å². The molecule has 0 N–H and O–H groups in total. The first-order chi connectivity index (χ1) is 12.7. The maximum absolute atomic E-state index is 9.75. The molecule has 1 aromatic rings. The molecule has 0 amide bonds. The van der Waals surface area contributed by atoms with Gasteiger partial charge in [0.25, 0.3) is 0 Å². The van der Waals surface area contributed by atoms with E-state index in [1.54, 1.807) is 0 Å². The van der Waals surface area contributed by atoms with E-state index in [1.165, 1.54) is 83.6 Å². The molecule has 1 atom stereocenters. The average Bonchev–Trinajstić information content (AvgIpc) is 2.97.